The zero-order valence-electron chi connectivity index (χ0n) is 10.2. The molecule has 92 valence electrons. The third kappa shape index (κ3) is 3.06. The van der Waals surface area contributed by atoms with Gasteiger partial charge in [-0.25, -0.2) is 4.79 Å². The quantitative estimate of drug-likeness (QED) is 0.762. The standard InChI is InChI=1S/C13H16O4/c1-4-5-10-9(6-7-11(14)15)12(16)13(17-10)8(2)3/h6-7H,4-5H2,1-3H3,(H,14,15)/b7-6-. The van der Waals surface area contributed by atoms with E-state index in [9.17, 15) is 9.59 Å². The number of ether oxygens (including phenoxy) is 1. The molecular weight excluding hydrogens is 220 g/mol. The van der Waals surface area contributed by atoms with E-state index in [1.807, 2.05) is 6.92 Å². The van der Waals surface area contributed by atoms with E-state index in [2.05, 4.69) is 0 Å². The highest BCUT2D eigenvalue weighted by Crippen LogP contribution is 2.30. The Balaban J connectivity index is 3.09. The Morgan fingerprint density at radius 2 is 2.06 bits per heavy atom. The number of Topliss-reactive ketones (excluding diaryl/α,β-unsaturated/α-hetero) is 1. The first kappa shape index (κ1) is 13.2. The Hall–Kier alpha value is -1.84. The molecule has 0 aromatic carbocycles. The summed E-state index contributed by atoms with van der Waals surface area (Å²) >= 11 is 0. The molecule has 17 heavy (non-hydrogen) atoms. The summed E-state index contributed by atoms with van der Waals surface area (Å²) in [5.41, 5.74) is 1.15. The van der Waals surface area contributed by atoms with Crippen molar-refractivity contribution in [2.75, 3.05) is 0 Å². The molecule has 0 spiro atoms. The third-order valence-electron chi connectivity index (χ3n) is 2.30. The minimum Gasteiger partial charge on any atom is -0.478 e. The van der Waals surface area contributed by atoms with Gasteiger partial charge in [-0.05, 0) is 31.9 Å². The number of carboxylic acids is 1. The Labute approximate surface area is 100 Å². The minimum atomic E-state index is -1.08. The summed E-state index contributed by atoms with van der Waals surface area (Å²) < 4.78 is 5.49. The van der Waals surface area contributed by atoms with Crippen molar-refractivity contribution in [3.05, 3.63) is 34.8 Å². The number of carbonyl (C=O) groups excluding carboxylic acids is 1. The molecule has 0 aliphatic carbocycles. The summed E-state index contributed by atoms with van der Waals surface area (Å²) in [5.74, 6) is -0.428. The van der Waals surface area contributed by atoms with Crippen LogP contribution in [0.5, 0.6) is 0 Å². The second kappa shape index (κ2) is 5.48. The van der Waals surface area contributed by atoms with Crippen LogP contribution < -0.4 is 0 Å². The summed E-state index contributed by atoms with van der Waals surface area (Å²) in [6, 6.07) is 0. The molecule has 0 radical (unpaired) electrons. The molecule has 1 aliphatic rings. The fourth-order valence-corrected chi connectivity index (χ4v) is 1.54. The van der Waals surface area contributed by atoms with Gasteiger partial charge in [0, 0.05) is 12.5 Å². The van der Waals surface area contributed by atoms with Crippen molar-refractivity contribution in [3.63, 3.8) is 0 Å². The van der Waals surface area contributed by atoms with Crippen LogP contribution in [0.4, 0.5) is 0 Å². The summed E-state index contributed by atoms with van der Waals surface area (Å²) in [6.45, 7) is 5.56. The lowest BCUT2D eigenvalue weighted by molar-refractivity contribution is -0.131. The number of allylic oxidation sites excluding steroid dienone is 4. The second-order valence-corrected chi connectivity index (χ2v) is 4.02. The van der Waals surface area contributed by atoms with E-state index in [0.29, 0.717) is 23.5 Å². The van der Waals surface area contributed by atoms with Crippen molar-refractivity contribution in [3.8, 4) is 0 Å². The number of hydrogen-bond donors (Lipinski definition) is 1. The third-order valence-corrected chi connectivity index (χ3v) is 2.30. The minimum absolute atomic E-state index is 0.231. The van der Waals surface area contributed by atoms with E-state index >= 15 is 0 Å². The first-order valence-electron chi connectivity index (χ1n) is 5.51. The highest BCUT2D eigenvalue weighted by Gasteiger charge is 2.28. The summed E-state index contributed by atoms with van der Waals surface area (Å²) in [7, 11) is 0. The van der Waals surface area contributed by atoms with Crippen LogP contribution >= 0.6 is 0 Å². The average molecular weight is 236 g/mol. The molecule has 0 atom stereocenters. The van der Waals surface area contributed by atoms with Crippen molar-refractivity contribution in [1.82, 2.24) is 0 Å². The van der Waals surface area contributed by atoms with Gasteiger partial charge in [0.25, 0.3) is 0 Å². The van der Waals surface area contributed by atoms with Crippen molar-refractivity contribution >= 4 is 11.8 Å². The van der Waals surface area contributed by atoms with Gasteiger partial charge in [0.1, 0.15) is 5.76 Å². The van der Waals surface area contributed by atoms with Crippen molar-refractivity contribution in [2.24, 2.45) is 0 Å². The monoisotopic (exact) mass is 236 g/mol. The molecule has 1 rings (SSSR count). The summed E-state index contributed by atoms with van der Waals surface area (Å²) in [5, 5.41) is 8.58. The van der Waals surface area contributed by atoms with Crippen LogP contribution in [0.25, 0.3) is 0 Å². The number of hydrogen-bond acceptors (Lipinski definition) is 3. The van der Waals surface area contributed by atoms with Crippen molar-refractivity contribution in [1.29, 1.82) is 0 Å². The molecule has 0 aromatic rings. The molecule has 0 amide bonds. The van der Waals surface area contributed by atoms with E-state index in [1.54, 1.807) is 13.8 Å². The van der Waals surface area contributed by atoms with Gasteiger partial charge in [0.05, 0.1) is 5.57 Å². The van der Waals surface area contributed by atoms with Crippen LogP contribution in [0.2, 0.25) is 0 Å². The van der Waals surface area contributed by atoms with Crippen LogP contribution in [0.1, 0.15) is 33.6 Å². The Kier molecular flexibility index (Phi) is 4.26. The number of rotatable bonds is 4. The van der Waals surface area contributed by atoms with Crippen molar-refractivity contribution < 1.29 is 19.4 Å². The summed E-state index contributed by atoms with van der Waals surface area (Å²) in [6.07, 6.45) is 3.73. The van der Waals surface area contributed by atoms with E-state index in [-0.39, 0.29) is 5.78 Å². The van der Waals surface area contributed by atoms with Gasteiger partial charge < -0.3 is 9.84 Å². The van der Waals surface area contributed by atoms with Gasteiger partial charge in [-0.2, -0.15) is 0 Å². The molecule has 4 heteroatoms. The lowest BCUT2D eigenvalue weighted by atomic mass is 10.1. The highest BCUT2D eigenvalue weighted by atomic mass is 16.5. The highest BCUT2D eigenvalue weighted by molar-refractivity contribution is 6.12. The molecule has 0 aromatic heterocycles. The normalized spacial score (nSPS) is 15.7. The molecule has 0 bridgehead atoms. The topological polar surface area (TPSA) is 63.6 Å². The van der Waals surface area contributed by atoms with Gasteiger partial charge in [-0.15, -0.1) is 0 Å². The van der Waals surface area contributed by atoms with E-state index < -0.39 is 5.97 Å². The van der Waals surface area contributed by atoms with E-state index in [1.165, 1.54) is 6.08 Å². The van der Waals surface area contributed by atoms with E-state index in [4.69, 9.17) is 9.84 Å². The first-order chi connectivity index (χ1) is 7.97. The zero-order valence-corrected chi connectivity index (χ0v) is 10.2. The molecule has 4 nitrogen and oxygen atoms in total. The fourth-order valence-electron chi connectivity index (χ4n) is 1.54. The van der Waals surface area contributed by atoms with Crippen LogP contribution in [0.3, 0.4) is 0 Å². The van der Waals surface area contributed by atoms with Gasteiger partial charge in [-0.1, -0.05) is 6.92 Å². The van der Waals surface area contributed by atoms with Gasteiger partial charge in [0.2, 0.25) is 5.78 Å². The van der Waals surface area contributed by atoms with Crippen LogP contribution in [0.15, 0.2) is 34.8 Å². The fraction of sp³-hybridized carbons (Fsp3) is 0.385. The number of aliphatic carboxylic acids is 1. The molecule has 0 saturated heterocycles. The maximum absolute atomic E-state index is 12.0. The van der Waals surface area contributed by atoms with Gasteiger partial charge >= 0.3 is 5.97 Å². The van der Waals surface area contributed by atoms with Gasteiger partial charge in [0.15, 0.2) is 5.76 Å². The van der Waals surface area contributed by atoms with Crippen LogP contribution in [-0.4, -0.2) is 16.9 Å². The molecule has 0 fully saturated rings. The predicted molar refractivity (Wildman–Crippen MR) is 63.2 cm³/mol. The lowest BCUT2D eigenvalue weighted by Gasteiger charge is -2.03. The lowest BCUT2D eigenvalue weighted by Crippen LogP contribution is -2.00. The van der Waals surface area contributed by atoms with Gasteiger partial charge in [-0.3, -0.25) is 4.79 Å². The number of ketones is 1. The maximum atomic E-state index is 12.0. The number of carbonyl (C=O) groups is 2. The van der Waals surface area contributed by atoms with Crippen LogP contribution in [0, 0.1) is 0 Å². The Morgan fingerprint density at radius 3 is 2.53 bits per heavy atom. The zero-order chi connectivity index (χ0) is 13.0. The smallest absolute Gasteiger partial charge is 0.328 e. The number of carboxylic acid groups (broad SMARTS) is 1. The van der Waals surface area contributed by atoms with Crippen molar-refractivity contribution in [2.45, 2.75) is 33.6 Å². The maximum Gasteiger partial charge on any atom is 0.328 e. The molecule has 1 aliphatic heterocycles. The SMILES string of the molecule is CCCC1=C(/C=C\C(=O)O)C(=O)C(=C(C)C)O1. The molecule has 0 unspecified atom stereocenters. The van der Waals surface area contributed by atoms with E-state index in [0.717, 1.165) is 18.1 Å². The predicted octanol–water partition coefficient (Wildman–Crippen LogP) is 2.57. The molecule has 1 heterocycles. The molecular formula is C13H16O4. The second-order valence-electron chi connectivity index (χ2n) is 4.02. The molecule has 1 N–H and O–H groups in total. The summed E-state index contributed by atoms with van der Waals surface area (Å²) in [4.78, 5) is 22.4. The average Bonchev–Trinajstić information content (AvgIpc) is 2.53. The Bertz CT molecular complexity index is 434. The Morgan fingerprint density at radius 1 is 1.41 bits per heavy atom. The first-order valence-corrected chi connectivity index (χ1v) is 5.51. The molecule has 0 saturated carbocycles. The largest absolute Gasteiger partial charge is 0.478 e. The van der Waals surface area contributed by atoms with Crippen LogP contribution in [-0.2, 0) is 14.3 Å².